The Morgan fingerprint density at radius 1 is 1.00 bits per heavy atom. The molecule has 0 spiro atoms. The van der Waals surface area contributed by atoms with E-state index in [0.29, 0.717) is 11.5 Å². The minimum Gasteiger partial charge on any atom is -0.497 e. The van der Waals surface area contributed by atoms with Crippen molar-refractivity contribution in [1.29, 1.82) is 0 Å². The van der Waals surface area contributed by atoms with Crippen LogP contribution in [0.1, 0.15) is 5.76 Å². The Bertz CT molecular complexity index is 902. The smallest absolute Gasteiger partial charge is 0.228 e. The van der Waals surface area contributed by atoms with Crippen LogP contribution in [0.25, 0.3) is 22.4 Å². The Balaban J connectivity index is 2.06. The van der Waals surface area contributed by atoms with Gasteiger partial charge in [-0.15, -0.1) is 0 Å². The number of ether oxygens (including phenoxy) is 2. The van der Waals surface area contributed by atoms with Crippen LogP contribution in [0.3, 0.4) is 0 Å². The number of aromatic nitrogens is 1. The van der Waals surface area contributed by atoms with Crippen molar-refractivity contribution >= 4 is 5.91 Å². The highest BCUT2D eigenvalue weighted by molar-refractivity contribution is 5.86. The molecule has 3 aromatic rings. The number of carbonyl (C=O) groups excluding carboxylic acids is 1. The van der Waals surface area contributed by atoms with Gasteiger partial charge in [0.25, 0.3) is 0 Å². The first-order valence-electron chi connectivity index (χ1n) is 8.40. The van der Waals surface area contributed by atoms with Crippen molar-refractivity contribution in [3.8, 4) is 33.9 Å². The van der Waals surface area contributed by atoms with E-state index >= 15 is 0 Å². The van der Waals surface area contributed by atoms with E-state index in [-0.39, 0.29) is 19.0 Å². The zero-order chi connectivity index (χ0) is 19.2. The Hall–Kier alpha value is -3.32. The summed E-state index contributed by atoms with van der Waals surface area (Å²) >= 11 is 0. The number of amides is 1. The molecule has 0 saturated heterocycles. The van der Waals surface area contributed by atoms with Gasteiger partial charge >= 0.3 is 0 Å². The van der Waals surface area contributed by atoms with Gasteiger partial charge < -0.3 is 25.0 Å². The summed E-state index contributed by atoms with van der Waals surface area (Å²) in [6.07, 6.45) is 0.0434. The number of methoxy groups -OCH3 is 2. The molecule has 3 N–H and O–H groups in total. The first-order chi connectivity index (χ1) is 13.2. The van der Waals surface area contributed by atoms with E-state index < -0.39 is 0 Å². The lowest BCUT2D eigenvalue weighted by Gasteiger charge is -2.07. The molecule has 1 heterocycles. The maximum Gasteiger partial charge on any atom is 0.228 e. The van der Waals surface area contributed by atoms with Crippen molar-refractivity contribution in [2.24, 2.45) is 5.73 Å². The number of nitrogens with one attached hydrogen (secondary N) is 1. The highest BCUT2D eigenvalue weighted by Gasteiger charge is 2.21. The summed E-state index contributed by atoms with van der Waals surface area (Å²) in [6.45, 7) is 0.0657. The first-order valence-corrected chi connectivity index (χ1v) is 8.40. The Labute approximate surface area is 157 Å². The normalized spacial score (nSPS) is 10.5. The first kappa shape index (κ1) is 18.5. The van der Waals surface area contributed by atoms with Crippen molar-refractivity contribution in [2.45, 2.75) is 6.42 Å². The van der Waals surface area contributed by atoms with Crippen LogP contribution in [-0.2, 0) is 11.2 Å². The second kappa shape index (κ2) is 8.37. The van der Waals surface area contributed by atoms with Crippen LogP contribution in [-0.4, -0.2) is 32.0 Å². The van der Waals surface area contributed by atoms with Gasteiger partial charge in [0.05, 0.1) is 32.9 Å². The minimum absolute atomic E-state index is 0.0434. The topological polar surface area (TPSA) is 99.6 Å². The molecule has 2 aromatic carbocycles. The maximum atomic E-state index is 12.0. The maximum absolute atomic E-state index is 12.0. The second-order valence-electron chi connectivity index (χ2n) is 5.77. The van der Waals surface area contributed by atoms with Crippen LogP contribution < -0.4 is 20.5 Å². The van der Waals surface area contributed by atoms with E-state index in [0.717, 1.165) is 28.2 Å². The van der Waals surface area contributed by atoms with Crippen molar-refractivity contribution < 1.29 is 18.8 Å². The molecule has 0 fully saturated rings. The molecule has 0 aliphatic carbocycles. The van der Waals surface area contributed by atoms with Crippen molar-refractivity contribution in [1.82, 2.24) is 10.5 Å². The summed E-state index contributed by atoms with van der Waals surface area (Å²) < 4.78 is 16.0. The molecule has 7 nitrogen and oxygen atoms in total. The highest BCUT2D eigenvalue weighted by Crippen LogP contribution is 2.36. The summed E-state index contributed by atoms with van der Waals surface area (Å²) in [6, 6.07) is 15.0. The number of nitrogens with two attached hydrogens (primary N) is 1. The Morgan fingerprint density at radius 2 is 1.56 bits per heavy atom. The van der Waals surface area contributed by atoms with Gasteiger partial charge in [-0.05, 0) is 42.0 Å². The number of hydrogen-bond donors (Lipinski definition) is 2. The number of nitrogens with zero attached hydrogens (tertiary/aromatic N) is 1. The van der Waals surface area contributed by atoms with Gasteiger partial charge in [-0.1, -0.05) is 17.3 Å². The van der Waals surface area contributed by atoms with Gasteiger partial charge in [0.1, 0.15) is 17.2 Å². The van der Waals surface area contributed by atoms with E-state index in [1.54, 1.807) is 14.2 Å². The van der Waals surface area contributed by atoms with Crippen LogP contribution >= 0.6 is 0 Å². The van der Waals surface area contributed by atoms with Crippen LogP contribution in [0.5, 0.6) is 11.5 Å². The predicted octanol–water partition coefficient (Wildman–Crippen LogP) is 2.60. The van der Waals surface area contributed by atoms with Gasteiger partial charge in [-0.3, -0.25) is 4.79 Å². The number of hydrogen-bond acceptors (Lipinski definition) is 6. The molecule has 0 saturated carbocycles. The quantitative estimate of drug-likeness (QED) is 0.623. The molecule has 0 aliphatic heterocycles. The third-order valence-electron chi connectivity index (χ3n) is 4.13. The van der Waals surface area contributed by atoms with E-state index in [1.807, 2.05) is 48.5 Å². The fraction of sp³-hybridized carbons (Fsp3) is 0.200. The molecule has 0 radical (unpaired) electrons. The standard InChI is InChI=1S/C20H21N3O4/c1-25-15-7-3-13(4-8-15)19-17(11-18(24)22-12-21)27-23-20(19)14-5-9-16(26-2)10-6-14/h3-10H,11-12,21H2,1-2H3,(H,22,24). The van der Waals surface area contributed by atoms with Crippen molar-refractivity contribution in [3.63, 3.8) is 0 Å². The molecule has 0 unspecified atom stereocenters. The van der Waals surface area contributed by atoms with E-state index in [9.17, 15) is 4.79 Å². The third kappa shape index (κ3) is 4.09. The summed E-state index contributed by atoms with van der Waals surface area (Å²) in [7, 11) is 3.22. The van der Waals surface area contributed by atoms with Gasteiger partial charge in [-0.2, -0.15) is 0 Å². The fourth-order valence-electron chi connectivity index (χ4n) is 2.77. The van der Waals surface area contributed by atoms with Crippen LogP contribution in [0.4, 0.5) is 0 Å². The predicted molar refractivity (Wildman–Crippen MR) is 101 cm³/mol. The molecule has 3 rings (SSSR count). The Kier molecular flexibility index (Phi) is 5.73. The SMILES string of the molecule is COc1ccc(-c2noc(CC(=O)NCN)c2-c2ccc(OC)cc2)cc1. The Morgan fingerprint density at radius 3 is 2.07 bits per heavy atom. The van der Waals surface area contributed by atoms with Crippen LogP contribution in [0.2, 0.25) is 0 Å². The number of carbonyl (C=O) groups is 1. The minimum atomic E-state index is -0.232. The lowest BCUT2D eigenvalue weighted by atomic mass is 9.98. The van der Waals surface area contributed by atoms with Crippen molar-refractivity contribution in [2.75, 3.05) is 20.9 Å². The van der Waals surface area contributed by atoms with Gasteiger partial charge in [0.2, 0.25) is 5.91 Å². The number of rotatable bonds is 7. The lowest BCUT2D eigenvalue weighted by molar-refractivity contribution is -0.120. The molecular formula is C20H21N3O4. The molecule has 140 valence electrons. The molecule has 0 atom stereocenters. The lowest BCUT2D eigenvalue weighted by Crippen LogP contribution is -2.30. The van der Waals surface area contributed by atoms with Crippen LogP contribution in [0.15, 0.2) is 53.1 Å². The van der Waals surface area contributed by atoms with Crippen LogP contribution in [0, 0.1) is 0 Å². The summed E-state index contributed by atoms with van der Waals surface area (Å²) in [5, 5.41) is 6.79. The molecule has 27 heavy (non-hydrogen) atoms. The monoisotopic (exact) mass is 367 g/mol. The van der Waals surface area contributed by atoms with E-state index in [2.05, 4.69) is 10.5 Å². The van der Waals surface area contributed by atoms with Gasteiger partial charge in [0, 0.05) is 5.56 Å². The molecule has 1 aromatic heterocycles. The van der Waals surface area contributed by atoms with Crippen molar-refractivity contribution in [3.05, 3.63) is 54.3 Å². The summed E-state index contributed by atoms with van der Waals surface area (Å²) in [4.78, 5) is 12.0. The molecule has 0 bridgehead atoms. The van der Waals surface area contributed by atoms with Gasteiger partial charge in [-0.25, -0.2) is 0 Å². The zero-order valence-electron chi connectivity index (χ0n) is 15.2. The molecule has 0 aliphatic rings. The summed E-state index contributed by atoms with van der Waals surface area (Å²) in [5.74, 6) is 1.72. The summed E-state index contributed by atoms with van der Waals surface area (Å²) in [5.41, 5.74) is 8.53. The molecule has 1 amide bonds. The highest BCUT2D eigenvalue weighted by atomic mass is 16.5. The molecular weight excluding hydrogens is 346 g/mol. The zero-order valence-corrected chi connectivity index (χ0v) is 15.2. The third-order valence-corrected chi connectivity index (χ3v) is 4.13. The largest absolute Gasteiger partial charge is 0.497 e. The average Bonchev–Trinajstić information content (AvgIpc) is 3.11. The van der Waals surface area contributed by atoms with E-state index in [1.165, 1.54) is 0 Å². The number of benzene rings is 2. The van der Waals surface area contributed by atoms with E-state index in [4.69, 9.17) is 19.7 Å². The molecule has 7 heteroatoms. The van der Waals surface area contributed by atoms with Gasteiger partial charge in [0.15, 0.2) is 5.76 Å². The average molecular weight is 367 g/mol. The fourth-order valence-corrected chi connectivity index (χ4v) is 2.77. The second-order valence-corrected chi connectivity index (χ2v) is 5.77.